The highest BCUT2D eigenvalue weighted by atomic mass is 16.1. The van der Waals surface area contributed by atoms with Crippen molar-refractivity contribution in [1.29, 1.82) is 0 Å². The lowest BCUT2D eigenvalue weighted by molar-refractivity contribution is -0.125. The summed E-state index contributed by atoms with van der Waals surface area (Å²) in [6.45, 7) is 10.0. The van der Waals surface area contributed by atoms with Gasteiger partial charge in [0, 0.05) is 13.1 Å². The molecule has 100 valence electrons. The Morgan fingerprint density at radius 1 is 1.29 bits per heavy atom. The Morgan fingerprint density at radius 2 is 1.88 bits per heavy atom. The van der Waals surface area contributed by atoms with E-state index in [-0.39, 0.29) is 11.8 Å². The summed E-state index contributed by atoms with van der Waals surface area (Å²) in [5.74, 6) is 1.31. The van der Waals surface area contributed by atoms with Crippen molar-refractivity contribution < 1.29 is 4.79 Å². The summed E-state index contributed by atoms with van der Waals surface area (Å²) in [5, 5.41) is 3.10. The minimum atomic E-state index is -0.0158. The first-order valence-electron chi connectivity index (χ1n) is 6.89. The summed E-state index contributed by atoms with van der Waals surface area (Å²) in [6, 6.07) is 0. The van der Waals surface area contributed by atoms with Crippen LogP contribution in [0.3, 0.4) is 0 Å². The van der Waals surface area contributed by atoms with Gasteiger partial charge in [-0.15, -0.1) is 0 Å². The molecular weight excluding hydrogens is 212 g/mol. The van der Waals surface area contributed by atoms with Crippen LogP contribution >= 0.6 is 0 Å². The van der Waals surface area contributed by atoms with Crippen molar-refractivity contribution in [2.45, 2.75) is 47.0 Å². The van der Waals surface area contributed by atoms with Gasteiger partial charge in [0.05, 0.1) is 5.92 Å². The highest BCUT2D eigenvalue weighted by Gasteiger charge is 2.45. The van der Waals surface area contributed by atoms with Crippen molar-refractivity contribution >= 4 is 5.91 Å². The quantitative estimate of drug-likeness (QED) is 0.716. The predicted molar refractivity (Wildman–Crippen MR) is 71.5 cm³/mol. The molecule has 0 bridgehead atoms. The molecule has 1 aliphatic rings. The molecule has 1 aliphatic carbocycles. The molecule has 1 rings (SSSR count). The second kappa shape index (κ2) is 5.85. The monoisotopic (exact) mass is 240 g/mol. The lowest BCUT2D eigenvalue weighted by Crippen LogP contribution is -2.39. The molecule has 1 amide bonds. The van der Waals surface area contributed by atoms with E-state index in [4.69, 9.17) is 5.73 Å². The van der Waals surface area contributed by atoms with Gasteiger partial charge in [0.1, 0.15) is 0 Å². The molecular formula is C14H28N2O. The second-order valence-electron chi connectivity index (χ2n) is 6.30. The van der Waals surface area contributed by atoms with E-state index < -0.39 is 0 Å². The van der Waals surface area contributed by atoms with E-state index in [0.717, 1.165) is 13.0 Å². The lowest BCUT2D eigenvalue weighted by atomic mass is 9.91. The summed E-state index contributed by atoms with van der Waals surface area (Å²) in [6.07, 6.45) is 3.39. The van der Waals surface area contributed by atoms with Crippen molar-refractivity contribution in [1.82, 2.24) is 5.32 Å². The van der Waals surface area contributed by atoms with E-state index in [1.54, 1.807) is 0 Å². The third-order valence-electron chi connectivity index (χ3n) is 4.14. The molecule has 0 aromatic heterocycles. The van der Waals surface area contributed by atoms with Gasteiger partial charge in [-0.2, -0.15) is 0 Å². The molecule has 3 nitrogen and oxygen atoms in total. The first-order valence-corrected chi connectivity index (χ1v) is 6.89. The van der Waals surface area contributed by atoms with Gasteiger partial charge in [-0.25, -0.2) is 0 Å². The van der Waals surface area contributed by atoms with Gasteiger partial charge in [0.2, 0.25) is 5.91 Å². The molecule has 1 unspecified atom stereocenters. The minimum Gasteiger partial charge on any atom is -0.355 e. The average molecular weight is 240 g/mol. The normalized spacial score (nSPS) is 19.5. The molecule has 0 saturated heterocycles. The molecule has 0 radical (unpaired) electrons. The van der Waals surface area contributed by atoms with Gasteiger partial charge in [0.15, 0.2) is 0 Å². The summed E-state index contributed by atoms with van der Waals surface area (Å²) >= 11 is 0. The Kier molecular flexibility index (Phi) is 4.99. The number of carbonyl (C=O) groups is 1. The molecule has 1 atom stereocenters. The highest BCUT2D eigenvalue weighted by Crippen LogP contribution is 2.51. The van der Waals surface area contributed by atoms with E-state index in [2.05, 4.69) is 33.0 Å². The van der Waals surface area contributed by atoms with E-state index in [1.807, 2.05) is 0 Å². The van der Waals surface area contributed by atoms with E-state index in [0.29, 0.717) is 23.8 Å². The molecule has 1 fully saturated rings. The van der Waals surface area contributed by atoms with Crippen molar-refractivity contribution in [3.63, 3.8) is 0 Å². The maximum Gasteiger partial charge on any atom is 0.224 e. The Balaban J connectivity index is 2.38. The number of hydrogen-bond donors (Lipinski definition) is 2. The lowest BCUT2D eigenvalue weighted by Gasteiger charge is -2.22. The van der Waals surface area contributed by atoms with Crippen molar-refractivity contribution in [3.8, 4) is 0 Å². The molecule has 3 N–H and O–H groups in total. The van der Waals surface area contributed by atoms with Gasteiger partial charge in [-0.05, 0) is 36.5 Å². The zero-order valence-corrected chi connectivity index (χ0v) is 11.8. The fourth-order valence-corrected chi connectivity index (χ4v) is 2.41. The Labute approximate surface area is 106 Å². The topological polar surface area (TPSA) is 55.1 Å². The third kappa shape index (κ3) is 3.98. The third-order valence-corrected chi connectivity index (χ3v) is 4.14. The number of amides is 1. The number of nitrogens with two attached hydrogens (primary N) is 1. The van der Waals surface area contributed by atoms with Crippen molar-refractivity contribution in [2.24, 2.45) is 28.9 Å². The smallest absolute Gasteiger partial charge is 0.224 e. The first-order chi connectivity index (χ1) is 7.91. The van der Waals surface area contributed by atoms with E-state index in [9.17, 15) is 4.79 Å². The van der Waals surface area contributed by atoms with Gasteiger partial charge in [0.25, 0.3) is 0 Å². The molecule has 0 heterocycles. The highest BCUT2D eigenvalue weighted by molar-refractivity contribution is 5.78. The molecule has 1 saturated carbocycles. The first kappa shape index (κ1) is 14.5. The van der Waals surface area contributed by atoms with Crippen LogP contribution < -0.4 is 11.1 Å². The number of nitrogens with one attached hydrogen (secondary N) is 1. The second-order valence-corrected chi connectivity index (χ2v) is 6.30. The Hall–Kier alpha value is -0.570. The molecule has 0 aliphatic heterocycles. The summed E-state index contributed by atoms with van der Waals surface area (Å²) in [4.78, 5) is 12.0. The zero-order chi connectivity index (χ0) is 13.1. The zero-order valence-electron chi connectivity index (χ0n) is 11.8. The fourth-order valence-electron chi connectivity index (χ4n) is 2.41. The number of rotatable bonds is 7. The van der Waals surface area contributed by atoms with Crippen LogP contribution in [0.2, 0.25) is 0 Å². The van der Waals surface area contributed by atoms with E-state index in [1.165, 1.54) is 12.8 Å². The fraction of sp³-hybridized carbons (Fsp3) is 0.929. The maximum atomic E-state index is 12.0. The van der Waals surface area contributed by atoms with Gasteiger partial charge in [-0.3, -0.25) is 4.79 Å². The van der Waals surface area contributed by atoms with Crippen LogP contribution in [0.1, 0.15) is 47.0 Å². The SMILES string of the molecule is CC(C)CC(CN)C(=O)NCC1(C(C)C)CC1. The predicted octanol–water partition coefficient (Wildman–Crippen LogP) is 2.16. The van der Waals surface area contributed by atoms with E-state index >= 15 is 0 Å². The summed E-state index contributed by atoms with van der Waals surface area (Å²) in [5.41, 5.74) is 6.06. The molecule has 17 heavy (non-hydrogen) atoms. The average Bonchev–Trinajstić information content (AvgIpc) is 3.03. The maximum absolute atomic E-state index is 12.0. The van der Waals surface area contributed by atoms with Crippen LogP contribution in [0, 0.1) is 23.2 Å². The largest absolute Gasteiger partial charge is 0.355 e. The van der Waals surface area contributed by atoms with Crippen molar-refractivity contribution in [2.75, 3.05) is 13.1 Å². The summed E-state index contributed by atoms with van der Waals surface area (Å²) < 4.78 is 0. The van der Waals surface area contributed by atoms with Gasteiger partial charge in [-0.1, -0.05) is 27.7 Å². The summed E-state index contributed by atoms with van der Waals surface area (Å²) in [7, 11) is 0. The van der Waals surface area contributed by atoms with Gasteiger partial charge < -0.3 is 11.1 Å². The van der Waals surface area contributed by atoms with Crippen LogP contribution in [0.5, 0.6) is 0 Å². The molecule has 0 spiro atoms. The van der Waals surface area contributed by atoms with Crippen LogP contribution in [-0.4, -0.2) is 19.0 Å². The Bertz CT molecular complexity index is 257. The Morgan fingerprint density at radius 3 is 2.24 bits per heavy atom. The minimum absolute atomic E-state index is 0.0158. The molecule has 0 aromatic rings. The van der Waals surface area contributed by atoms with Crippen molar-refractivity contribution in [3.05, 3.63) is 0 Å². The van der Waals surface area contributed by atoms with Crippen LogP contribution in [0.15, 0.2) is 0 Å². The van der Waals surface area contributed by atoms with Crippen LogP contribution in [0.4, 0.5) is 0 Å². The standard InChI is InChI=1S/C14H28N2O/c1-10(2)7-12(8-15)13(17)16-9-14(5-6-14)11(3)4/h10-12H,5-9,15H2,1-4H3,(H,16,17). The number of carbonyl (C=O) groups excluding carboxylic acids is 1. The molecule has 3 heteroatoms. The molecule has 0 aromatic carbocycles. The van der Waals surface area contributed by atoms with Crippen LogP contribution in [0.25, 0.3) is 0 Å². The van der Waals surface area contributed by atoms with Crippen LogP contribution in [-0.2, 0) is 4.79 Å². The van der Waals surface area contributed by atoms with Gasteiger partial charge >= 0.3 is 0 Å². The number of hydrogen-bond acceptors (Lipinski definition) is 2.